The van der Waals surface area contributed by atoms with E-state index in [1.807, 2.05) is 20.8 Å². The summed E-state index contributed by atoms with van der Waals surface area (Å²) in [6.07, 6.45) is 0. The maximum Gasteiger partial charge on any atom is 0.344 e. The van der Waals surface area contributed by atoms with Gasteiger partial charge >= 0.3 is 11.4 Å². The van der Waals surface area contributed by atoms with Crippen LogP contribution < -0.4 is 11.4 Å². The Balaban J connectivity index is 3.54. The summed E-state index contributed by atoms with van der Waals surface area (Å²) < 4.78 is 2.66. The molecule has 0 aliphatic heterocycles. The molecule has 0 spiro atoms. The minimum atomic E-state index is -0.380. The molecular weight excluding hydrogens is 158 g/mol. The van der Waals surface area contributed by atoms with Crippen molar-refractivity contribution in [2.45, 2.75) is 26.3 Å². The third kappa shape index (κ3) is 1.22. The fraction of sp³-hybridized carbons (Fsp3) is 0.714. The van der Waals surface area contributed by atoms with Crippen LogP contribution in [0.15, 0.2) is 9.59 Å². The molecule has 5 heteroatoms. The van der Waals surface area contributed by atoms with Crippen LogP contribution in [0.25, 0.3) is 0 Å². The van der Waals surface area contributed by atoms with E-state index in [9.17, 15) is 9.59 Å². The fourth-order valence-electron chi connectivity index (χ4n) is 1.21. The first-order valence-corrected chi connectivity index (χ1v) is 3.73. The Labute approximate surface area is 69.6 Å². The van der Waals surface area contributed by atoms with E-state index in [1.165, 1.54) is 9.36 Å². The van der Waals surface area contributed by atoms with Crippen molar-refractivity contribution in [2.24, 2.45) is 7.05 Å². The molecule has 1 aromatic heterocycles. The van der Waals surface area contributed by atoms with Crippen molar-refractivity contribution in [1.82, 2.24) is 14.3 Å². The summed E-state index contributed by atoms with van der Waals surface area (Å²) >= 11 is 0. The third-order valence-corrected chi connectivity index (χ3v) is 1.64. The number of H-pyrrole nitrogens is 1. The Morgan fingerprint density at radius 3 is 1.83 bits per heavy atom. The number of rotatable bonds is 0. The minimum absolute atomic E-state index is 0.366. The highest BCUT2D eigenvalue weighted by Gasteiger charge is 2.18. The van der Waals surface area contributed by atoms with Gasteiger partial charge in [0.1, 0.15) is 0 Å². The second kappa shape index (κ2) is 2.36. The second-order valence-electron chi connectivity index (χ2n) is 3.74. The van der Waals surface area contributed by atoms with Crippen molar-refractivity contribution in [3.8, 4) is 0 Å². The van der Waals surface area contributed by atoms with Crippen LogP contribution in [0.3, 0.4) is 0 Å². The van der Waals surface area contributed by atoms with Crippen molar-refractivity contribution in [1.29, 1.82) is 0 Å². The van der Waals surface area contributed by atoms with Gasteiger partial charge in [0.15, 0.2) is 0 Å². The maximum atomic E-state index is 11.2. The molecule has 0 fully saturated rings. The van der Waals surface area contributed by atoms with Crippen LogP contribution in [0.2, 0.25) is 0 Å². The largest absolute Gasteiger partial charge is 0.344 e. The molecule has 68 valence electrons. The molecule has 0 amide bonds. The molecule has 0 aromatic carbocycles. The van der Waals surface area contributed by atoms with Crippen molar-refractivity contribution in [3.05, 3.63) is 21.0 Å². The number of nitrogens with zero attached hydrogens (tertiary/aromatic N) is 2. The molecule has 1 aromatic rings. The summed E-state index contributed by atoms with van der Waals surface area (Å²) in [5, 5.41) is 0. The van der Waals surface area contributed by atoms with Crippen molar-refractivity contribution >= 4 is 0 Å². The topological polar surface area (TPSA) is 59.8 Å². The van der Waals surface area contributed by atoms with Crippen LogP contribution in [0, 0.1) is 0 Å². The Bertz CT molecular complexity index is 388. The smallest absolute Gasteiger partial charge is 0.257 e. The molecule has 0 saturated heterocycles. The Hall–Kier alpha value is -1.26. The summed E-state index contributed by atoms with van der Waals surface area (Å²) in [4.78, 5) is 24.4. The van der Waals surface area contributed by atoms with Gasteiger partial charge in [0.25, 0.3) is 0 Å². The van der Waals surface area contributed by atoms with Gasteiger partial charge in [-0.2, -0.15) is 0 Å². The predicted molar refractivity (Wildman–Crippen MR) is 45.3 cm³/mol. The molecule has 1 N–H and O–H groups in total. The van der Waals surface area contributed by atoms with Crippen molar-refractivity contribution in [3.63, 3.8) is 0 Å². The summed E-state index contributed by atoms with van der Waals surface area (Å²) in [6, 6.07) is 0. The van der Waals surface area contributed by atoms with Crippen molar-refractivity contribution in [2.75, 3.05) is 0 Å². The van der Waals surface area contributed by atoms with Gasteiger partial charge in [-0.3, -0.25) is 4.98 Å². The number of aromatic nitrogens is 3. The lowest BCUT2D eigenvalue weighted by molar-refractivity contribution is 0.298. The van der Waals surface area contributed by atoms with E-state index in [1.54, 1.807) is 7.05 Å². The lowest BCUT2D eigenvalue weighted by atomic mass is 10.1. The molecule has 5 nitrogen and oxygen atoms in total. The van der Waals surface area contributed by atoms with E-state index in [0.717, 1.165) is 0 Å². The van der Waals surface area contributed by atoms with E-state index in [4.69, 9.17) is 0 Å². The monoisotopic (exact) mass is 171 g/mol. The molecule has 0 saturated carbocycles. The van der Waals surface area contributed by atoms with E-state index in [-0.39, 0.29) is 16.9 Å². The van der Waals surface area contributed by atoms with E-state index < -0.39 is 0 Å². The summed E-state index contributed by atoms with van der Waals surface area (Å²) in [5.74, 6) is 0. The van der Waals surface area contributed by atoms with Crippen molar-refractivity contribution < 1.29 is 0 Å². The zero-order valence-corrected chi connectivity index (χ0v) is 7.71. The van der Waals surface area contributed by atoms with E-state index in [0.29, 0.717) is 0 Å². The summed E-state index contributed by atoms with van der Waals surface area (Å²) in [6.45, 7) is 5.59. The van der Waals surface area contributed by atoms with Crippen LogP contribution in [-0.4, -0.2) is 14.3 Å². The molecular formula is C7H13N3O2. The molecule has 0 radical (unpaired) electrons. The zero-order valence-electron chi connectivity index (χ0n) is 7.71. The van der Waals surface area contributed by atoms with E-state index in [2.05, 4.69) is 4.98 Å². The first kappa shape index (κ1) is 8.83. The lowest BCUT2D eigenvalue weighted by Gasteiger charge is -2.20. The second-order valence-corrected chi connectivity index (χ2v) is 3.74. The lowest BCUT2D eigenvalue weighted by Crippen LogP contribution is -2.37. The number of hydrogen-bond acceptors (Lipinski definition) is 2. The van der Waals surface area contributed by atoms with Gasteiger partial charge < -0.3 is 0 Å². The van der Waals surface area contributed by atoms with Gasteiger partial charge in [-0.25, -0.2) is 19.0 Å². The summed E-state index contributed by atoms with van der Waals surface area (Å²) in [5.41, 5.74) is -1.12. The number of nitrogens with one attached hydrogen (secondary N) is 1. The van der Waals surface area contributed by atoms with Gasteiger partial charge in [-0.15, -0.1) is 0 Å². The van der Waals surface area contributed by atoms with Crippen LogP contribution in [-0.2, 0) is 12.6 Å². The SMILES string of the molecule is Cn1c(=O)[nH]c(=O)n1C(C)(C)C. The van der Waals surface area contributed by atoms with Gasteiger partial charge in [0.05, 0.1) is 5.54 Å². The standard InChI is InChI=1S/C7H13N3O2/c1-7(2,3)10-6(12)8-5(11)9(10)4/h1-4H3,(H,8,11,12). The number of aromatic amines is 1. The van der Waals surface area contributed by atoms with Gasteiger partial charge in [-0.1, -0.05) is 0 Å². The minimum Gasteiger partial charge on any atom is -0.257 e. The highest BCUT2D eigenvalue weighted by molar-refractivity contribution is 4.76. The molecule has 0 unspecified atom stereocenters. The fourth-order valence-corrected chi connectivity index (χ4v) is 1.21. The first-order valence-electron chi connectivity index (χ1n) is 3.73. The molecule has 0 aliphatic carbocycles. The average molecular weight is 171 g/mol. The Kier molecular flexibility index (Phi) is 1.74. The molecule has 0 bridgehead atoms. The normalized spacial score (nSPS) is 12.0. The van der Waals surface area contributed by atoms with Gasteiger partial charge in [0.2, 0.25) is 0 Å². The maximum absolute atomic E-state index is 11.2. The zero-order chi connectivity index (χ0) is 9.52. The van der Waals surface area contributed by atoms with E-state index >= 15 is 0 Å². The first-order chi connectivity index (χ1) is 5.34. The summed E-state index contributed by atoms with van der Waals surface area (Å²) in [7, 11) is 1.56. The molecule has 12 heavy (non-hydrogen) atoms. The average Bonchev–Trinajstić information content (AvgIpc) is 2.05. The Morgan fingerprint density at radius 2 is 1.67 bits per heavy atom. The Morgan fingerprint density at radius 1 is 1.17 bits per heavy atom. The highest BCUT2D eigenvalue weighted by atomic mass is 16.2. The van der Waals surface area contributed by atoms with Gasteiger partial charge in [-0.05, 0) is 20.8 Å². The molecule has 1 rings (SSSR count). The quantitative estimate of drug-likeness (QED) is 0.579. The molecule has 0 atom stereocenters. The van der Waals surface area contributed by atoms with Crippen LogP contribution >= 0.6 is 0 Å². The predicted octanol–water partition coefficient (Wildman–Crippen LogP) is -0.370. The van der Waals surface area contributed by atoms with Crippen LogP contribution in [0.1, 0.15) is 20.8 Å². The highest BCUT2D eigenvalue weighted by Crippen LogP contribution is 2.07. The van der Waals surface area contributed by atoms with Gasteiger partial charge in [0, 0.05) is 7.05 Å². The molecule has 1 heterocycles. The van der Waals surface area contributed by atoms with Crippen LogP contribution in [0.4, 0.5) is 0 Å². The molecule has 0 aliphatic rings. The van der Waals surface area contributed by atoms with Crippen LogP contribution in [0.5, 0.6) is 0 Å². The number of hydrogen-bond donors (Lipinski definition) is 1. The third-order valence-electron chi connectivity index (χ3n) is 1.64.